The van der Waals surface area contributed by atoms with Crippen molar-refractivity contribution in [2.24, 2.45) is 16.8 Å². The lowest BCUT2D eigenvalue weighted by atomic mass is 9.79. The molecule has 0 aromatic heterocycles. The van der Waals surface area contributed by atoms with Crippen LogP contribution in [0.25, 0.3) is 0 Å². The third-order valence-electron chi connectivity index (χ3n) is 4.54. The van der Waals surface area contributed by atoms with Crippen molar-refractivity contribution in [1.29, 1.82) is 0 Å². The Morgan fingerprint density at radius 2 is 1.90 bits per heavy atom. The minimum Gasteiger partial charge on any atom is -0.264 e. The van der Waals surface area contributed by atoms with E-state index in [1.165, 1.54) is 0 Å². The summed E-state index contributed by atoms with van der Waals surface area (Å²) < 4.78 is 26.7. The Morgan fingerprint density at radius 3 is 2.65 bits per heavy atom. The molecule has 5 heteroatoms. The SMILES string of the molecule is CC1CCC(N=C2NS(=O)(=O)c3ccccc32)CC1C. The van der Waals surface area contributed by atoms with Gasteiger partial charge in [0.2, 0.25) is 0 Å². The highest BCUT2D eigenvalue weighted by Gasteiger charge is 2.32. The highest BCUT2D eigenvalue weighted by Crippen LogP contribution is 2.32. The zero-order valence-electron chi connectivity index (χ0n) is 11.8. The van der Waals surface area contributed by atoms with Gasteiger partial charge in [-0.15, -0.1) is 0 Å². The van der Waals surface area contributed by atoms with Crippen molar-refractivity contribution in [3.63, 3.8) is 0 Å². The summed E-state index contributed by atoms with van der Waals surface area (Å²) in [6, 6.07) is 7.27. The lowest BCUT2D eigenvalue weighted by molar-refractivity contribution is 0.252. The second kappa shape index (κ2) is 4.88. The molecule has 0 radical (unpaired) electrons. The van der Waals surface area contributed by atoms with Crippen LogP contribution >= 0.6 is 0 Å². The van der Waals surface area contributed by atoms with E-state index in [1.807, 2.05) is 12.1 Å². The van der Waals surface area contributed by atoms with Gasteiger partial charge in [-0.1, -0.05) is 26.0 Å². The van der Waals surface area contributed by atoms with Crippen molar-refractivity contribution >= 4 is 15.9 Å². The molecule has 4 nitrogen and oxygen atoms in total. The quantitative estimate of drug-likeness (QED) is 0.864. The Bertz CT molecular complexity index is 652. The van der Waals surface area contributed by atoms with Crippen LogP contribution in [0.3, 0.4) is 0 Å². The van der Waals surface area contributed by atoms with Crippen molar-refractivity contribution in [1.82, 2.24) is 4.72 Å². The number of benzene rings is 1. The maximum atomic E-state index is 12.0. The molecule has 3 atom stereocenters. The summed E-state index contributed by atoms with van der Waals surface area (Å²) in [7, 11) is -3.41. The van der Waals surface area contributed by atoms with Gasteiger partial charge in [0, 0.05) is 5.56 Å². The molecule has 1 N–H and O–H groups in total. The van der Waals surface area contributed by atoms with Gasteiger partial charge < -0.3 is 0 Å². The fourth-order valence-electron chi connectivity index (χ4n) is 3.05. The molecule has 0 amide bonds. The van der Waals surface area contributed by atoms with E-state index in [1.54, 1.807) is 12.1 Å². The summed E-state index contributed by atoms with van der Waals surface area (Å²) in [4.78, 5) is 5.03. The number of nitrogens with one attached hydrogen (secondary N) is 1. The average Bonchev–Trinajstić information content (AvgIpc) is 2.66. The highest BCUT2D eigenvalue weighted by atomic mass is 32.2. The summed E-state index contributed by atoms with van der Waals surface area (Å²) in [6.45, 7) is 4.53. The number of sulfonamides is 1. The Morgan fingerprint density at radius 1 is 1.15 bits per heavy atom. The van der Waals surface area contributed by atoms with Crippen molar-refractivity contribution in [2.45, 2.75) is 44.0 Å². The third kappa shape index (κ3) is 2.35. The predicted molar refractivity (Wildman–Crippen MR) is 79.3 cm³/mol. The first kappa shape index (κ1) is 13.6. The van der Waals surface area contributed by atoms with Crippen LogP contribution < -0.4 is 4.72 Å². The molecule has 1 aliphatic carbocycles. The standard InChI is InChI=1S/C15H20N2O2S/c1-10-7-8-12(9-11(10)2)16-15-13-5-3-4-6-14(13)20(18,19)17-15/h3-6,10-12H,7-9H2,1-2H3,(H,16,17). The van der Waals surface area contributed by atoms with Gasteiger partial charge in [0.05, 0.1) is 10.9 Å². The van der Waals surface area contributed by atoms with E-state index in [9.17, 15) is 8.42 Å². The Hall–Kier alpha value is -1.36. The van der Waals surface area contributed by atoms with Crippen LogP contribution in [0, 0.1) is 11.8 Å². The fourth-order valence-corrected chi connectivity index (χ4v) is 4.29. The Balaban J connectivity index is 1.91. The average molecular weight is 292 g/mol. The fraction of sp³-hybridized carbons (Fsp3) is 0.533. The first-order valence-corrected chi connectivity index (χ1v) is 8.65. The summed E-state index contributed by atoms with van der Waals surface area (Å²) in [5.41, 5.74) is 0.707. The molecule has 20 heavy (non-hydrogen) atoms. The number of amidine groups is 1. The summed E-state index contributed by atoms with van der Waals surface area (Å²) in [6.07, 6.45) is 3.24. The van der Waals surface area contributed by atoms with Gasteiger partial charge in [-0.2, -0.15) is 0 Å². The monoisotopic (exact) mass is 292 g/mol. The van der Waals surface area contributed by atoms with Gasteiger partial charge in [0.25, 0.3) is 10.0 Å². The van der Waals surface area contributed by atoms with E-state index in [0.29, 0.717) is 22.2 Å². The van der Waals surface area contributed by atoms with Crippen molar-refractivity contribution in [3.05, 3.63) is 29.8 Å². The largest absolute Gasteiger partial charge is 0.264 e. The molecule has 0 bridgehead atoms. The van der Waals surface area contributed by atoms with Gasteiger partial charge in [-0.3, -0.25) is 9.71 Å². The Labute approximate surface area is 120 Å². The first-order valence-electron chi connectivity index (χ1n) is 7.17. The van der Waals surface area contributed by atoms with Crippen molar-refractivity contribution in [2.75, 3.05) is 0 Å². The second-order valence-electron chi connectivity index (χ2n) is 6.00. The molecule has 0 saturated heterocycles. The van der Waals surface area contributed by atoms with E-state index < -0.39 is 10.0 Å². The topological polar surface area (TPSA) is 58.5 Å². The molecule has 3 rings (SSSR count). The van der Waals surface area contributed by atoms with E-state index in [4.69, 9.17) is 0 Å². The van der Waals surface area contributed by atoms with E-state index in [2.05, 4.69) is 23.6 Å². The molecule has 1 heterocycles. The van der Waals surface area contributed by atoms with E-state index in [0.717, 1.165) is 25.2 Å². The molecule has 1 aromatic rings. The third-order valence-corrected chi connectivity index (χ3v) is 5.94. The number of nitrogens with zero attached hydrogens (tertiary/aromatic N) is 1. The lowest BCUT2D eigenvalue weighted by Crippen LogP contribution is -2.28. The molecule has 1 fully saturated rings. The zero-order valence-corrected chi connectivity index (χ0v) is 12.7. The normalized spacial score (nSPS) is 33.7. The van der Waals surface area contributed by atoms with Crippen LogP contribution in [0.4, 0.5) is 0 Å². The van der Waals surface area contributed by atoms with Crippen LogP contribution in [-0.4, -0.2) is 20.3 Å². The van der Waals surface area contributed by atoms with Crippen LogP contribution in [0.1, 0.15) is 38.7 Å². The number of fused-ring (bicyclic) bond motifs is 1. The Kier molecular flexibility index (Phi) is 3.32. The lowest BCUT2D eigenvalue weighted by Gasteiger charge is -2.30. The van der Waals surface area contributed by atoms with Crippen molar-refractivity contribution < 1.29 is 8.42 Å². The maximum Gasteiger partial charge on any atom is 0.263 e. The van der Waals surface area contributed by atoms with Gasteiger partial charge in [-0.05, 0) is 43.2 Å². The van der Waals surface area contributed by atoms with E-state index >= 15 is 0 Å². The number of hydrogen-bond donors (Lipinski definition) is 1. The molecule has 1 aliphatic heterocycles. The minimum absolute atomic E-state index is 0.227. The van der Waals surface area contributed by atoms with Gasteiger partial charge in [-0.25, -0.2) is 8.42 Å². The van der Waals surface area contributed by atoms with Crippen molar-refractivity contribution in [3.8, 4) is 0 Å². The molecular weight excluding hydrogens is 272 g/mol. The number of rotatable bonds is 1. The number of hydrogen-bond acceptors (Lipinski definition) is 3. The molecule has 0 spiro atoms. The molecule has 108 valence electrons. The van der Waals surface area contributed by atoms with Crippen LogP contribution in [0.5, 0.6) is 0 Å². The van der Waals surface area contributed by atoms with Gasteiger partial charge in [0.15, 0.2) is 0 Å². The zero-order chi connectivity index (χ0) is 14.3. The molecule has 3 unspecified atom stereocenters. The smallest absolute Gasteiger partial charge is 0.263 e. The second-order valence-corrected chi connectivity index (χ2v) is 7.65. The summed E-state index contributed by atoms with van der Waals surface area (Å²) in [5.74, 6) is 1.90. The summed E-state index contributed by atoms with van der Waals surface area (Å²) in [5, 5.41) is 0. The minimum atomic E-state index is -3.41. The molecule has 2 aliphatic rings. The van der Waals surface area contributed by atoms with Gasteiger partial charge >= 0.3 is 0 Å². The molecule has 1 saturated carbocycles. The van der Waals surface area contributed by atoms with Crippen LogP contribution in [0.2, 0.25) is 0 Å². The number of aliphatic imine (C=N–C) groups is 1. The molecule has 1 aromatic carbocycles. The highest BCUT2D eigenvalue weighted by molar-refractivity contribution is 7.90. The first-order chi connectivity index (χ1) is 9.47. The van der Waals surface area contributed by atoms with E-state index in [-0.39, 0.29) is 6.04 Å². The predicted octanol–water partition coefficient (Wildman–Crippen LogP) is 2.55. The van der Waals surface area contributed by atoms with Crippen LogP contribution in [0.15, 0.2) is 34.2 Å². The molecular formula is C15H20N2O2S. The van der Waals surface area contributed by atoms with Gasteiger partial charge in [0.1, 0.15) is 5.84 Å². The maximum absolute atomic E-state index is 12.0. The van der Waals surface area contributed by atoms with Crippen LogP contribution in [-0.2, 0) is 10.0 Å². The summed E-state index contributed by atoms with van der Waals surface area (Å²) >= 11 is 0.